The Hall–Kier alpha value is -2.22. The second-order valence-corrected chi connectivity index (χ2v) is 7.26. The Morgan fingerprint density at radius 1 is 1.29 bits per heavy atom. The van der Waals surface area contributed by atoms with E-state index in [2.05, 4.69) is 31.8 Å². The molecule has 2 N–H and O–H groups in total. The molecule has 2 atom stereocenters. The van der Waals surface area contributed by atoms with Gasteiger partial charge in [-0.15, -0.1) is 19.8 Å². The molecule has 28 heavy (non-hydrogen) atoms. The summed E-state index contributed by atoms with van der Waals surface area (Å²) < 4.78 is 42.1. The molecular weight excluding hydrogens is 369 g/mol. The van der Waals surface area contributed by atoms with Crippen LogP contribution < -0.4 is 15.4 Å². The smallest absolute Gasteiger partial charge is 0.405 e. The Labute approximate surface area is 163 Å². The Morgan fingerprint density at radius 3 is 2.64 bits per heavy atom. The molecule has 2 unspecified atom stereocenters. The fourth-order valence-corrected chi connectivity index (χ4v) is 3.68. The zero-order chi connectivity index (χ0) is 20.1. The average molecular weight is 396 g/mol. The summed E-state index contributed by atoms with van der Waals surface area (Å²) in [5.74, 6) is 0.553. The van der Waals surface area contributed by atoms with E-state index in [1.807, 2.05) is 6.08 Å². The maximum atomic E-state index is 12.6. The lowest BCUT2D eigenvalue weighted by molar-refractivity contribution is -0.274. The summed E-state index contributed by atoms with van der Waals surface area (Å²) in [6.07, 6.45) is 0.0142. The maximum Gasteiger partial charge on any atom is 0.573 e. The first-order chi connectivity index (χ1) is 13.4. The fraction of sp³-hybridized carbons (Fsp3) is 0.550. The summed E-state index contributed by atoms with van der Waals surface area (Å²) in [7, 11) is 1.71. The molecule has 1 aliphatic carbocycles. The van der Waals surface area contributed by atoms with Gasteiger partial charge in [0, 0.05) is 44.7 Å². The highest BCUT2D eigenvalue weighted by Crippen LogP contribution is 2.45. The molecule has 3 rings (SSSR count). The topological polar surface area (TPSA) is 48.9 Å². The number of rotatable bonds is 6. The molecule has 0 radical (unpaired) electrons. The van der Waals surface area contributed by atoms with Gasteiger partial charge in [-0.2, -0.15) is 0 Å². The molecule has 2 fully saturated rings. The van der Waals surface area contributed by atoms with Crippen LogP contribution in [0.2, 0.25) is 0 Å². The first-order valence-corrected chi connectivity index (χ1v) is 9.57. The van der Waals surface area contributed by atoms with Gasteiger partial charge in [0.15, 0.2) is 5.96 Å². The summed E-state index contributed by atoms with van der Waals surface area (Å²) in [5, 5.41) is 6.77. The quantitative estimate of drug-likeness (QED) is 0.440. The van der Waals surface area contributed by atoms with Gasteiger partial charge in [-0.3, -0.25) is 9.89 Å². The van der Waals surface area contributed by atoms with Crippen LogP contribution in [0.4, 0.5) is 13.2 Å². The molecule has 0 spiro atoms. The normalized spacial score (nSPS) is 23.9. The van der Waals surface area contributed by atoms with Crippen LogP contribution in [-0.2, 0) is 0 Å². The van der Waals surface area contributed by atoms with E-state index in [4.69, 9.17) is 0 Å². The van der Waals surface area contributed by atoms with Crippen molar-refractivity contribution in [3.8, 4) is 5.75 Å². The molecule has 1 saturated heterocycles. The van der Waals surface area contributed by atoms with E-state index >= 15 is 0 Å². The van der Waals surface area contributed by atoms with Crippen LogP contribution in [-0.4, -0.2) is 56.0 Å². The van der Waals surface area contributed by atoms with E-state index < -0.39 is 6.36 Å². The van der Waals surface area contributed by atoms with Crippen molar-refractivity contribution in [1.29, 1.82) is 0 Å². The summed E-state index contributed by atoms with van der Waals surface area (Å²) in [6.45, 7) is 6.70. The molecule has 5 nitrogen and oxygen atoms in total. The lowest BCUT2D eigenvalue weighted by Crippen LogP contribution is -2.49. The van der Waals surface area contributed by atoms with Crippen molar-refractivity contribution in [2.24, 2.45) is 4.99 Å². The second kappa shape index (κ2) is 8.86. The van der Waals surface area contributed by atoms with Gasteiger partial charge in [0.2, 0.25) is 0 Å². The summed E-state index contributed by atoms with van der Waals surface area (Å²) in [4.78, 5) is 6.64. The number of likely N-dealkylation sites (tertiary alicyclic amines) is 1. The van der Waals surface area contributed by atoms with E-state index in [0.29, 0.717) is 17.6 Å². The Bertz CT molecular complexity index is 699. The Balaban J connectivity index is 1.52. The number of alkyl halides is 3. The van der Waals surface area contributed by atoms with Crippen molar-refractivity contribution in [2.75, 3.05) is 26.7 Å². The van der Waals surface area contributed by atoms with Gasteiger partial charge in [0.05, 0.1) is 0 Å². The highest BCUT2D eigenvalue weighted by molar-refractivity contribution is 5.81. The van der Waals surface area contributed by atoms with Crippen molar-refractivity contribution in [3.63, 3.8) is 0 Å². The van der Waals surface area contributed by atoms with Gasteiger partial charge in [0.1, 0.15) is 5.75 Å². The van der Waals surface area contributed by atoms with Crippen LogP contribution in [0.1, 0.15) is 30.7 Å². The first-order valence-electron chi connectivity index (χ1n) is 9.57. The third kappa shape index (κ3) is 5.64. The number of piperidine rings is 1. The van der Waals surface area contributed by atoms with Crippen LogP contribution >= 0.6 is 0 Å². The van der Waals surface area contributed by atoms with Crippen molar-refractivity contribution in [3.05, 3.63) is 42.5 Å². The van der Waals surface area contributed by atoms with Crippen LogP contribution in [0.25, 0.3) is 0 Å². The van der Waals surface area contributed by atoms with Gasteiger partial charge in [0.25, 0.3) is 0 Å². The van der Waals surface area contributed by atoms with E-state index in [-0.39, 0.29) is 17.7 Å². The Morgan fingerprint density at radius 2 is 2.00 bits per heavy atom. The van der Waals surface area contributed by atoms with Gasteiger partial charge in [-0.05, 0) is 30.9 Å². The van der Waals surface area contributed by atoms with Crippen molar-refractivity contribution in [2.45, 2.75) is 43.6 Å². The number of ether oxygens (including phenoxy) is 1. The van der Waals surface area contributed by atoms with Crippen LogP contribution in [0.15, 0.2) is 41.9 Å². The third-order valence-electron chi connectivity index (χ3n) is 5.20. The summed E-state index contributed by atoms with van der Waals surface area (Å²) in [6, 6.07) is 6.73. The first kappa shape index (κ1) is 20.5. The van der Waals surface area contributed by atoms with Crippen LogP contribution in [0.3, 0.4) is 0 Å². The number of hydrogen-bond acceptors (Lipinski definition) is 3. The van der Waals surface area contributed by atoms with Crippen LogP contribution in [0, 0.1) is 0 Å². The lowest BCUT2D eigenvalue weighted by Gasteiger charge is -2.32. The predicted molar refractivity (Wildman–Crippen MR) is 104 cm³/mol. The van der Waals surface area contributed by atoms with Gasteiger partial charge in [-0.25, -0.2) is 0 Å². The van der Waals surface area contributed by atoms with Crippen LogP contribution in [0.5, 0.6) is 5.75 Å². The van der Waals surface area contributed by atoms with Crippen molar-refractivity contribution < 1.29 is 17.9 Å². The van der Waals surface area contributed by atoms with E-state index in [9.17, 15) is 13.2 Å². The summed E-state index contributed by atoms with van der Waals surface area (Å²) >= 11 is 0. The predicted octanol–water partition coefficient (Wildman–Crippen LogP) is 3.26. The molecule has 1 heterocycles. The molecule has 0 amide bonds. The molecule has 2 aliphatic rings. The number of benzene rings is 1. The van der Waals surface area contributed by atoms with Crippen molar-refractivity contribution >= 4 is 5.96 Å². The van der Waals surface area contributed by atoms with Gasteiger partial charge >= 0.3 is 6.36 Å². The number of para-hydroxylation sites is 1. The zero-order valence-corrected chi connectivity index (χ0v) is 16.0. The number of guanidine groups is 1. The number of nitrogens with zero attached hydrogens (tertiary/aromatic N) is 2. The third-order valence-corrected chi connectivity index (χ3v) is 5.20. The fourth-order valence-electron chi connectivity index (χ4n) is 3.68. The molecule has 0 bridgehead atoms. The van der Waals surface area contributed by atoms with Crippen molar-refractivity contribution in [1.82, 2.24) is 15.5 Å². The molecule has 8 heteroatoms. The Kier molecular flexibility index (Phi) is 6.49. The highest BCUT2D eigenvalue weighted by atomic mass is 19.4. The zero-order valence-electron chi connectivity index (χ0n) is 16.0. The molecule has 1 aliphatic heterocycles. The van der Waals surface area contributed by atoms with E-state index in [1.165, 1.54) is 6.07 Å². The van der Waals surface area contributed by atoms with E-state index in [1.54, 1.807) is 25.2 Å². The van der Waals surface area contributed by atoms with Gasteiger partial charge < -0.3 is 15.4 Å². The lowest BCUT2D eigenvalue weighted by atomic mass is 10.1. The molecule has 154 valence electrons. The molecule has 1 aromatic rings. The monoisotopic (exact) mass is 396 g/mol. The molecule has 1 saturated carbocycles. The molecular formula is C20H27F3N4O. The largest absolute Gasteiger partial charge is 0.573 e. The number of nitrogens with one attached hydrogen (secondary N) is 2. The average Bonchev–Trinajstić information content (AvgIpc) is 3.41. The van der Waals surface area contributed by atoms with Gasteiger partial charge in [-0.1, -0.05) is 24.3 Å². The minimum Gasteiger partial charge on any atom is -0.405 e. The SMILES string of the molecule is C=CCN1CCC(NC(=NC)NC2CC2c2ccccc2OC(F)(F)F)CC1. The maximum absolute atomic E-state index is 12.6. The highest BCUT2D eigenvalue weighted by Gasteiger charge is 2.42. The number of halogens is 3. The number of hydrogen-bond donors (Lipinski definition) is 2. The second-order valence-electron chi connectivity index (χ2n) is 7.26. The minimum absolute atomic E-state index is 0.0217. The number of aliphatic imine (C=N–C) groups is 1. The van der Waals surface area contributed by atoms with E-state index in [0.717, 1.165) is 38.9 Å². The molecule has 1 aromatic carbocycles. The standard InChI is InChI=1S/C20H27F3N4O/c1-3-10-27-11-8-14(9-12-27)25-19(24-2)26-17-13-16(17)15-6-4-5-7-18(15)28-20(21,22)23/h3-7,14,16-17H,1,8-13H2,2H3,(H2,24,25,26). The molecule has 0 aromatic heterocycles. The summed E-state index contributed by atoms with van der Waals surface area (Å²) in [5.41, 5.74) is 0.575. The minimum atomic E-state index is -4.69.